The Hall–Kier alpha value is -1.06. The van der Waals surface area contributed by atoms with Gasteiger partial charge in [0, 0.05) is 31.6 Å². The molecule has 2 aliphatic rings. The van der Waals surface area contributed by atoms with Crippen LogP contribution in [0.2, 0.25) is 0 Å². The zero-order chi connectivity index (χ0) is 16.2. The molecule has 1 aromatic heterocycles. The molecular weight excluding hydrogens is 316 g/mol. The van der Waals surface area contributed by atoms with Gasteiger partial charge in [-0.3, -0.25) is 9.69 Å². The number of anilines is 1. The van der Waals surface area contributed by atoms with E-state index in [1.807, 2.05) is 5.38 Å². The molecule has 1 amide bonds. The lowest BCUT2D eigenvalue weighted by Gasteiger charge is -2.34. The van der Waals surface area contributed by atoms with Crippen LogP contribution < -0.4 is 10.6 Å². The highest BCUT2D eigenvalue weighted by Gasteiger charge is 2.24. The van der Waals surface area contributed by atoms with Crippen molar-refractivity contribution >= 4 is 22.4 Å². The highest BCUT2D eigenvalue weighted by Crippen LogP contribution is 2.19. The van der Waals surface area contributed by atoms with Crippen molar-refractivity contribution in [2.24, 2.45) is 0 Å². The second-order valence-corrected chi connectivity index (χ2v) is 7.02. The normalized spacial score (nSPS) is 29.4. The number of nitrogens with one attached hydrogen (secondary N) is 2. The van der Waals surface area contributed by atoms with E-state index in [-0.39, 0.29) is 24.2 Å². The largest absolute Gasteiger partial charge is 0.378 e. The predicted octanol–water partition coefficient (Wildman–Crippen LogP) is 0.679. The van der Waals surface area contributed by atoms with E-state index in [9.17, 15) is 4.79 Å². The number of morpholine rings is 2. The van der Waals surface area contributed by atoms with E-state index in [1.165, 1.54) is 11.3 Å². The van der Waals surface area contributed by atoms with E-state index in [4.69, 9.17) is 9.47 Å². The fourth-order valence-corrected chi connectivity index (χ4v) is 3.71. The molecule has 2 fully saturated rings. The summed E-state index contributed by atoms with van der Waals surface area (Å²) in [7, 11) is 0. The second kappa shape index (κ2) is 7.67. The molecule has 7 nitrogen and oxygen atoms in total. The number of nitrogens with zero attached hydrogens (tertiary/aromatic N) is 2. The van der Waals surface area contributed by atoms with Crippen molar-refractivity contribution in [3.05, 3.63) is 11.1 Å². The van der Waals surface area contributed by atoms with Crippen LogP contribution in [0.15, 0.2) is 5.38 Å². The first-order valence-electron chi connectivity index (χ1n) is 8.04. The summed E-state index contributed by atoms with van der Waals surface area (Å²) in [5.74, 6) is -0.0841. The average Bonchev–Trinajstić information content (AvgIpc) is 2.94. The van der Waals surface area contributed by atoms with Gasteiger partial charge in [-0.2, -0.15) is 0 Å². The van der Waals surface area contributed by atoms with Crippen molar-refractivity contribution in [1.29, 1.82) is 0 Å². The Morgan fingerprint density at radius 2 is 2.26 bits per heavy atom. The maximum atomic E-state index is 12.1. The third-order valence-corrected chi connectivity index (χ3v) is 4.71. The maximum absolute atomic E-state index is 12.1. The van der Waals surface area contributed by atoms with Gasteiger partial charge in [0.1, 0.15) is 6.04 Å². The number of hydrogen-bond acceptors (Lipinski definition) is 7. The molecule has 0 saturated carbocycles. The van der Waals surface area contributed by atoms with Gasteiger partial charge in [-0.1, -0.05) is 0 Å². The summed E-state index contributed by atoms with van der Waals surface area (Å²) < 4.78 is 11.1. The summed E-state index contributed by atoms with van der Waals surface area (Å²) in [6.07, 6.45) is 0.489. The number of aromatic nitrogens is 1. The van der Waals surface area contributed by atoms with E-state index >= 15 is 0 Å². The molecule has 3 unspecified atom stereocenters. The van der Waals surface area contributed by atoms with Crippen LogP contribution in [-0.2, 0) is 20.8 Å². The maximum Gasteiger partial charge on any atom is 0.245 e. The molecular formula is C15H24N4O3S. The lowest BCUT2D eigenvalue weighted by Crippen LogP contribution is -2.48. The third-order valence-electron chi connectivity index (χ3n) is 3.90. The first-order valence-corrected chi connectivity index (χ1v) is 8.92. The van der Waals surface area contributed by atoms with Crippen molar-refractivity contribution < 1.29 is 14.3 Å². The Labute approximate surface area is 140 Å². The Balaban J connectivity index is 1.52. The van der Waals surface area contributed by atoms with E-state index in [0.29, 0.717) is 24.9 Å². The number of carbonyl (C=O) groups excluding carboxylic acids is 1. The lowest BCUT2D eigenvalue weighted by atomic mass is 10.2. The van der Waals surface area contributed by atoms with Crippen molar-refractivity contribution in [3.8, 4) is 0 Å². The molecule has 2 aliphatic heterocycles. The van der Waals surface area contributed by atoms with E-state index < -0.39 is 0 Å². The fraction of sp³-hybridized carbons (Fsp3) is 0.733. The van der Waals surface area contributed by atoms with Crippen LogP contribution >= 0.6 is 11.3 Å². The van der Waals surface area contributed by atoms with Crippen LogP contribution in [-0.4, -0.2) is 66.9 Å². The molecule has 23 heavy (non-hydrogen) atoms. The molecule has 3 rings (SSSR count). The van der Waals surface area contributed by atoms with Crippen LogP contribution in [0.25, 0.3) is 0 Å². The number of carbonyl (C=O) groups is 1. The zero-order valence-electron chi connectivity index (χ0n) is 13.6. The topological polar surface area (TPSA) is 75.7 Å². The summed E-state index contributed by atoms with van der Waals surface area (Å²) in [6.45, 7) is 8.56. The van der Waals surface area contributed by atoms with Crippen LogP contribution in [0.4, 0.5) is 5.13 Å². The summed E-state index contributed by atoms with van der Waals surface area (Å²) in [4.78, 5) is 19.0. The van der Waals surface area contributed by atoms with Crippen molar-refractivity contribution in [3.63, 3.8) is 0 Å². The Kier molecular flexibility index (Phi) is 5.60. The van der Waals surface area contributed by atoms with Crippen molar-refractivity contribution in [2.75, 3.05) is 38.2 Å². The van der Waals surface area contributed by atoms with Gasteiger partial charge >= 0.3 is 0 Å². The summed E-state index contributed by atoms with van der Waals surface area (Å²) in [5, 5.41) is 8.66. The van der Waals surface area contributed by atoms with Gasteiger partial charge in [0.2, 0.25) is 5.91 Å². The molecule has 0 aromatic carbocycles. The monoisotopic (exact) mass is 340 g/mol. The van der Waals surface area contributed by atoms with Gasteiger partial charge < -0.3 is 20.1 Å². The molecule has 3 heterocycles. The molecule has 128 valence electrons. The molecule has 2 N–H and O–H groups in total. The van der Waals surface area contributed by atoms with Gasteiger partial charge in [-0.15, -0.1) is 11.3 Å². The fourth-order valence-electron chi connectivity index (χ4n) is 3.01. The number of thiazole rings is 1. The summed E-state index contributed by atoms with van der Waals surface area (Å²) in [6, 6.07) is -0.294. The number of hydrogen-bond donors (Lipinski definition) is 2. The molecule has 2 saturated heterocycles. The number of rotatable bonds is 4. The standard InChI is InChI=1S/C15H24N4O3S/c1-10-5-19(6-11(2)22-10)7-12-9-23-15(17-12)18-14(20)13-8-21-4-3-16-13/h9-11,13,16H,3-8H2,1-2H3,(H,17,18,20). The third kappa shape index (κ3) is 4.71. The van der Waals surface area contributed by atoms with Crippen molar-refractivity contribution in [2.45, 2.75) is 38.6 Å². The average molecular weight is 340 g/mol. The van der Waals surface area contributed by atoms with Gasteiger partial charge in [0.05, 0.1) is 31.1 Å². The minimum Gasteiger partial charge on any atom is -0.378 e. The highest BCUT2D eigenvalue weighted by atomic mass is 32.1. The lowest BCUT2D eigenvalue weighted by molar-refractivity contribution is -0.120. The van der Waals surface area contributed by atoms with Gasteiger partial charge in [-0.05, 0) is 13.8 Å². The SMILES string of the molecule is CC1CN(Cc2csc(NC(=O)C3COCCN3)n2)CC(C)O1. The van der Waals surface area contributed by atoms with Crippen molar-refractivity contribution in [1.82, 2.24) is 15.2 Å². The Morgan fingerprint density at radius 1 is 1.48 bits per heavy atom. The van der Waals surface area contributed by atoms with Gasteiger partial charge in [0.25, 0.3) is 0 Å². The summed E-state index contributed by atoms with van der Waals surface area (Å²) >= 11 is 1.46. The minimum absolute atomic E-state index is 0.0841. The van der Waals surface area contributed by atoms with Crippen LogP contribution in [0.5, 0.6) is 0 Å². The number of amides is 1. The Bertz CT molecular complexity index is 523. The number of ether oxygens (including phenoxy) is 2. The Morgan fingerprint density at radius 3 is 2.96 bits per heavy atom. The zero-order valence-corrected chi connectivity index (χ0v) is 14.4. The predicted molar refractivity (Wildman–Crippen MR) is 88.6 cm³/mol. The molecule has 3 atom stereocenters. The molecule has 0 aliphatic carbocycles. The van der Waals surface area contributed by atoms with E-state index in [2.05, 4.69) is 34.4 Å². The van der Waals surface area contributed by atoms with Crippen LogP contribution in [0.3, 0.4) is 0 Å². The second-order valence-electron chi connectivity index (χ2n) is 6.17. The molecule has 0 radical (unpaired) electrons. The van der Waals surface area contributed by atoms with E-state index in [0.717, 1.165) is 25.3 Å². The molecule has 8 heteroatoms. The summed E-state index contributed by atoms with van der Waals surface area (Å²) in [5.41, 5.74) is 0.986. The van der Waals surface area contributed by atoms with Gasteiger partial charge in [0.15, 0.2) is 5.13 Å². The minimum atomic E-state index is -0.294. The molecule has 1 aromatic rings. The van der Waals surface area contributed by atoms with Gasteiger partial charge in [-0.25, -0.2) is 4.98 Å². The first kappa shape index (κ1) is 16.8. The van der Waals surface area contributed by atoms with Crippen LogP contribution in [0.1, 0.15) is 19.5 Å². The quantitative estimate of drug-likeness (QED) is 0.839. The molecule has 0 spiro atoms. The first-order chi connectivity index (χ1) is 11.1. The van der Waals surface area contributed by atoms with Crippen LogP contribution in [0, 0.1) is 0 Å². The highest BCUT2D eigenvalue weighted by molar-refractivity contribution is 7.13. The van der Waals surface area contributed by atoms with E-state index in [1.54, 1.807) is 0 Å². The molecule has 0 bridgehead atoms. The smallest absolute Gasteiger partial charge is 0.245 e.